The van der Waals surface area contributed by atoms with Crippen LogP contribution in [0.3, 0.4) is 0 Å². The van der Waals surface area contributed by atoms with E-state index in [1.54, 1.807) is 31.4 Å². The summed E-state index contributed by atoms with van der Waals surface area (Å²) in [7, 11) is 1.57. The molecule has 30 heavy (non-hydrogen) atoms. The minimum Gasteiger partial charge on any atom is -0.495 e. The van der Waals surface area contributed by atoms with Crippen LogP contribution in [-0.2, 0) is 11.3 Å². The highest BCUT2D eigenvalue weighted by atomic mass is 35.5. The molecule has 0 bridgehead atoms. The van der Waals surface area contributed by atoms with Gasteiger partial charge in [0.15, 0.2) is 18.1 Å². The topological polar surface area (TPSA) is 68.8 Å². The lowest BCUT2D eigenvalue weighted by Crippen LogP contribution is -2.43. The van der Waals surface area contributed by atoms with Gasteiger partial charge >= 0.3 is 0 Å². The molecule has 6 nitrogen and oxygen atoms in total. The van der Waals surface area contributed by atoms with Crippen molar-refractivity contribution in [3.8, 4) is 17.2 Å². The lowest BCUT2D eigenvalue weighted by Gasteiger charge is -2.21. The number of benzene rings is 2. The van der Waals surface area contributed by atoms with Crippen LogP contribution in [0.5, 0.6) is 17.2 Å². The molecule has 0 saturated carbocycles. The summed E-state index contributed by atoms with van der Waals surface area (Å²) in [5.74, 6) is 1.33. The van der Waals surface area contributed by atoms with Gasteiger partial charge in [-0.05, 0) is 57.5 Å². The molecule has 0 unspecified atom stereocenters. The monoisotopic (exact) mass is 454 g/mol. The van der Waals surface area contributed by atoms with E-state index >= 15 is 0 Å². The zero-order chi connectivity index (χ0) is 22.3. The Morgan fingerprint density at radius 1 is 1.00 bits per heavy atom. The zero-order valence-electron chi connectivity index (χ0n) is 17.9. The molecule has 2 N–H and O–H groups in total. The first-order valence-corrected chi connectivity index (χ1v) is 10.3. The third-order valence-corrected chi connectivity index (χ3v) is 4.57. The minimum atomic E-state index is -0.333. The third kappa shape index (κ3) is 7.18. The number of nitrogens with one attached hydrogen (secondary N) is 2. The summed E-state index contributed by atoms with van der Waals surface area (Å²) < 4.78 is 16.5. The van der Waals surface area contributed by atoms with Crippen molar-refractivity contribution in [2.75, 3.05) is 25.6 Å². The summed E-state index contributed by atoms with van der Waals surface area (Å²) in [6.45, 7) is 8.37. The van der Waals surface area contributed by atoms with Crippen LogP contribution >= 0.6 is 23.2 Å². The third-order valence-electron chi connectivity index (χ3n) is 3.92. The fraction of sp³-hybridized carbons (Fsp3) is 0.409. The number of halogens is 2. The fourth-order valence-corrected chi connectivity index (χ4v) is 3.14. The molecule has 0 fully saturated rings. The molecule has 2 aromatic carbocycles. The number of methoxy groups -OCH3 is 1. The Morgan fingerprint density at radius 2 is 1.70 bits per heavy atom. The average Bonchev–Trinajstić information content (AvgIpc) is 2.65. The van der Waals surface area contributed by atoms with E-state index in [0.29, 0.717) is 40.4 Å². The molecule has 1 amide bonds. The molecule has 0 atom stereocenters. The molecular formula is C22H28Cl2N2O4. The number of carbonyl (C=O) groups excluding carboxylic acids is 1. The van der Waals surface area contributed by atoms with Gasteiger partial charge in [-0.15, -0.1) is 0 Å². The van der Waals surface area contributed by atoms with E-state index in [0.717, 1.165) is 11.3 Å². The highest BCUT2D eigenvalue weighted by Gasteiger charge is 2.16. The summed E-state index contributed by atoms with van der Waals surface area (Å²) in [4.78, 5) is 12.0. The van der Waals surface area contributed by atoms with Crippen molar-refractivity contribution in [3.05, 3.63) is 45.9 Å². The number of rotatable bonds is 9. The fourth-order valence-electron chi connectivity index (χ4n) is 2.67. The van der Waals surface area contributed by atoms with E-state index in [4.69, 9.17) is 37.4 Å². The number of hydrogen-bond acceptors (Lipinski definition) is 5. The summed E-state index contributed by atoms with van der Waals surface area (Å²) in [5, 5.41) is 7.14. The molecule has 0 aromatic heterocycles. The van der Waals surface area contributed by atoms with Crippen LogP contribution in [0.1, 0.15) is 33.3 Å². The van der Waals surface area contributed by atoms with Gasteiger partial charge < -0.3 is 24.8 Å². The largest absolute Gasteiger partial charge is 0.495 e. The van der Waals surface area contributed by atoms with Gasteiger partial charge in [-0.2, -0.15) is 0 Å². The maximum absolute atomic E-state index is 12.0. The van der Waals surface area contributed by atoms with Gasteiger partial charge in [0, 0.05) is 28.9 Å². The van der Waals surface area contributed by atoms with E-state index in [1.165, 1.54) is 0 Å². The van der Waals surface area contributed by atoms with Gasteiger partial charge in [0.1, 0.15) is 5.75 Å². The quantitative estimate of drug-likeness (QED) is 0.537. The Hall–Kier alpha value is -2.31. The van der Waals surface area contributed by atoms with Gasteiger partial charge in [-0.3, -0.25) is 4.79 Å². The van der Waals surface area contributed by atoms with E-state index in [1.807, 2.05) is 33.8 Å². The molecule has 2 rings (SSSR count). The molecule has 2 aromatic rings. The SMILES string of the molecule is CCOc1cc(CNc2ccc(OC)c(Cl)c2)c(Cl)cc1OCC(=O)NC(C)(C)C. The Morgan fingerprint density at radius 3 is 2.30 bits per heavy atom. The second kappa shape index (κ2) is 10.6. The molecule has 0 aliphatic carbocycles. The zero-order valence-corrected chi connectivity index (χ0v) is 19.4. The van der Waals surface area contributed by atoms with Gasteiger partial charge in [-0.25, -0.2) is 0 Å². The first-order chi connectivity index (χ1) is 14.1. The standard InChI is InChI=1S/C22H28Cl2N2O4/c1-6-29-19-9-14(12-25-15-7-8-18(28-5)17(24)10-15)16(23)11-20(19)30-13-21(27)26-22(2,3)4/h7-11,25H,6,12-13H2,1-5H3,(H,26,27). The normalized spacial score (nSPS) is 11.0. The van der Waals surface area contributed by atoms with E-state index in [-0.39, 0.29) is 18.1 Å². The smallest absolute Gasteiger partial charge is 0.258 e. The van der Waals surface area contributed by atoms with Crippen LogP contribution in [0.2, 0.25) is 10.0 Å². The highest BCUT2D eigenvalue weighted by molar-refractivity contribution is 6.32. The maximum atomic E-state index is 12.0. The van der Waals surface area contributed by atoms with Crippen molar-refractivity contribution in [2.24, 2.45) is 0 Å². The lowest BCUT2D eigenvalue weighted by molar-refractivity contribution is -0.124. The molecule has 0 aliphatic rings. The van der Waals surface area contributed by atoms with Crippen molar-refractivity contribution in [2.45, 2.75) is 39.8 Å². The Kier molecular flexibility index (Phi) is 8.50. The summed E-state index contributed by atoms with van der Waals surface area (Å²) in [5.41, 5.74) is 1.31. The maximum Gasteiger partial charge on any atom is 0.258 e. The Labute approximate surface area is 187 Å². The second-order valence-corrected chi connectivity index (χ2v) is 8.43. The number of anilines is 1. The van der Waals surface area contributed by atoms with Crippen molar-refractivity contribution in [1.82, 2.24) is 5.32 Å². The number of amides is 1. The number of carbonyl (C=O) groups is 1. The molecule has 0 heterocycles. The van der Waals surface area contributed by atoms with E-state index in [9.17, 15) is 4.79 Å². The van der Waals surface area contributed by atoms with Crippen LogP contribution in [0.25, 0.3) is 0 Å². The van der Waals surface area contributed by atoms with Crippen LogP contribution in [-0.4, -0.2) is 31.8 Å². The highest BCUT2D eigenvalue weighted by Crippen LogP contribution is 2.34. The van der Waals surface area contributed by atoms with Crippen molar-refractivity contribution < 1.29 is 19.0 Å². The molecular weight excluding hydrogens is 427 g/mol. The Bertz CT molecular complexity index is 882. The van der Waals surface area contributed by atoms with Crippen LogP contribution in [0.4, 0.5) is 5.69 Å². The van der Waals surface area contributed by atoms with Gasteiger partial charge in [0.2, 0.25) is 0 Å². The summed E-state index contributed by atoms with van der Waals surface area (Å²) >= 11 is 12.6. The average molecular weight is 455 g/mol. The van der Waals surface area contributed by atoms with Gasteiger partial charge in [-0.1, -0.05) is 23.2 Å². The minimum absolute atomic E-state index is 0.129. The number of hydrogen-bond donors (Lipinski definition) is 2. The molecule has 164 valence electrons. The molecule has 0 aliphatic heterocycles. The number of ether oxygens (including phenoxy) is 3. The van der Waals surface area contributed by atoms with E-state index in [2.05, 4.69) is 10.6 Å². The van der Waals surface area contributed by atoms with Gasteiger partial charge in [0.05, 0.1) is 18.7 Å². The predicted octanol–water partition coefficient (Wildman–Crippen LogP) is 5.31. The first-order valence-electron chi connectivity index (χ1n) is 9.59. The Balaban J connectivity index is 2.11. The van der Waals surface area contributed by atoms with Crippen LogP contribution in [0.15, 0.2) is 30.3 Å². The second-order valence-electron chi connectivity index (χ2n) is 7.61. The van der Waals surface area contributed by atoms with Crippen molar-refractivity contribution in [3.63, 3.8) is 0 Å². The molecule has 0 radical (unpaired) electrons. The summed E-state index contributed by atoms with van der Waals surface area (Å²) in [6.07, 6.45) is 0. The van der Waals surface area contributed by atoms with Crippen molar-refractivity contribution in [1.29, 1.82) is 0 Å². The molecule has 0 saturated heterocycles. The van der Waals surface area contributed by atoms with Crippen LogP contribution < -0.4 is 24.8 Å². The first kappa shape index (κ1) is 24.0. The van der Waals surface area contributed by atoms with Crippen LogP contribution in [0, 0.1) is 0 Å². The van der Waals surface area contributed by atoms with Crippen molar-refractivity contribution >= 4 is 34.8 Å². The van der Waals surface area contributed by atoms with Gasteiger partial charge in [0.25, 0.3) is 5.91 Å². The van der Waals surface area contributed by atoms with E-state index < -0.39 is 0 Å². The summed E-state index contributed by atoms with van der Waals surface area (Å²) in [6, 6.07) is 8.91. The molecule has 8 heteroatoms. The molecule has 0 spiro atoms. The predicted molar refractivity (Wildman–Crippen MR) is 121 cm³/mol. The lowest BCUT2D eigenvalue weighted by atomic mass is 10.1.